The zero-order valence-corrected chi connectivity index (χ0v) is 16.1. The molecule has 0 aromatic heterocycles. The van der Waals surface area contributed by atoms with E-state index in [-0.39, 0.29) is 17.0 Å². The molecule has 0 aliphatic heterocycles. The van der Waals surface area contributed by atoms with Crippen LogP contribution in [0.15, 0.2) is 42.5 Å². The Kier molecular flexibility index (Phi) is 6.28. The van der Waals surface area contributed by atoms with Crippen LogP contribution in [0.4, 0.5) is 14.5 Å². The van der Waals surface area contributed by atoms with Gasteiger partial charge in [0.05, 0.1) is 0 Å². The van der Waals surface area contributed by atoms with Crippen molar-refractivity contribution in [3.63, 3.8) is 0 Å². The lowest BCUT2D eigenvalue weighted by Gasteiger charge is -2.26. The number of esters is 1. The number of Topliss-reactive ketones (excluding diaryl/α,β-unsaturated/α-hetero) is 1. The van der Waals surface area contributed by atoms with Crippen LogP contribution in [0.25, 0.3) is 0 Å². The number of halogens is 2. The minimum atomic E-state index is -1.05. The third-order valence-electron chi connectivity index (χ3n) is 3.69. The molecule has 0 aliphatic rings. The molecule has 2 aromatic rings. The highest BCUT2D eigenvalue weighted by molar-refractivity contribution is 6.09. The van der Waals surface area contributed by atoms with Gasteiger partial charge in [-0.2, -0.15) is 0 Å². The largest absolute Gasteiger partial charge is 0.459 e. The first-order valence-corrected chi connectivity index (χ1v) is 8.58. The molecule has 0 aliphatic carbocycles. The molecule has 148 valence electrons. The maximum atomic E-state index is 14.1. The van der Waals surface area contributed by atoms with E-state index < -0.39 is 41.2 Å². The van der Waals surface area contributed by atoms with Crippen LogP contribution in [0.2, 0.25) is 0 Å². The molecule has 5 nitrogen and oxygen atoms in total. The Balaban J connectivity index is 2.50. The number of nitrogens with zero attached hydrogens (tertiary/aromatic N) is 1. The number of amides is 1. The Morgan fingerprint density at radius 1 is 1.00 bits per heavy atom. The maximum absolute atomic E-state index is 14.1. The lowest BCUT2D eigenvalue weighted by Crippen LogP contribution is -2.39. The first-order chi connectivity index (χ1) is 13.0. The average molecular weight is 389 g/mol. The smallest absolute Gasteiger partial charge is 0.326 e. The molecule has 0 bridgehead atoms. The summed E-state index contributed by atoms with van der Waals surface area (Å²) in [6, 6.07) is 8.93. The molecular weight excluding hydrogens is 368 g/mol. The summed E-state index contributed by atoms with van der Waals surface area (Å²) in [5.41, 5.74) is -1.17. The number of hydrogen-bond acceptors (Lipinski definition) is 4. The molecule has 0 N–H and O–H groups in total. The monoisotopic (exact) mass is 389 g/mol. The van der Waals surface area contributed by atoms with Crippen molar-refractivity contribution in [3.8, 4) is 0 Å². The highest BCUT2D eigenvalue weighted by atomic mass is 19.1. The second-order valence-electron chi connectivity index (χ2n) is 7.18. The van der Waals surface area contributed by atoms with E-state index in [9.17, 15) is 23.2 Å². The Hall–Kier alpha value is -3.09. The molecule has 0 atom stereocenters. The fourth-order valence-corrected chi connectivity index (χ4v) is 2.51. The second kappa shape index (κ2) is 8.29. The zero-order chi connectivity index (χ0) is 21.1. The first-order valence-electron chi connectivity index (χ1n) is 8.58. The summed E-state index contributed by atoms with van der Waals surface area (Å²) < 4.78 is 33.5. The van der Waals surface area contributed by atoms with Crippen LogP contribution in [0, 0.1) is 11.6 Å². The molecule has 0 fully saturated rings. The van der Waals surface area contributed by atoms with Gasteiger partial charge in [0.25, 0.3) is 5.91 Å². The predicted molar refractivity (Wildman–Crippen MR) is 100 cm³/mol. The first kappa shape index (κ1) is 21.2. The van der Waals surface area contributed by atoms with E-state index >= 15 is 0 Å². The minimum Gasteiger partial charge on any atom is -0.459 e. The van der Waals surface area contributed by atoms with E-state index in [1.807, 2.05) is 0 Å². The highest BCUT2D eigenvalue weighted by Gasteiger charge is 2.28. The van der Waals surface area contributed by atoms with Crippen LogP contribution in [-0.2, 0) is 9.53 Å². The number of ether oxygens (including phenoxy) is 1. The van der Waals surface area contributed by atoms with Crippen molar-refractivity contribution in [1.82, 2.24) is 0 Å². The average Bonchev–Trinajstić information content (AvgIpc) is 2.58. The molecular formula is C21H21F2NO4. The quantitative estimate of drug-likeness (QED) is 0.569. The summed E-state index contributed by atoms with van der Waals surface area (Å²) in [5.74, 6) is -4.18. The Bertz CT molecular complexity index is 899. The van der Waals surface area contributed by atoms with Gasteiger partial charge in [-0.25, -0.2) is 8.78 Å². The van der Waals surface area contributed by atoms with Gasteiger partial charge in [-0.15, -0.1) is 0 Å². The SMILES string of the molecule is CC(=O)c1cccc(N(CC(=O)OC(C)(C)C)C(=O)c2c(F)cccc2F)c1. The van der Waals surface area contributed by atoms with Crippen molar-refractivity contribution >= 4 is 23.3 Å². The van der Waals surface area contributed by atoms with Crippen LogP contribution in [0.3, 0.4) is 0 Å². The number of rotatable bonds is 5. The summed E-state index contributed by atoms with van der Waals surface area (Å²) >= 11 is 0. The van der Waals surface area contributed by atoms with E-state index in [1.54, 1.807) is 20.8 Å². The number of anilines is 1. The molecule has 28 heavy (non-hydrogen) atoms. The van der Waals surface area contributed by atoms with E-state index in [2.05, 4.69) is 0 Å². The van der Waals surface area contributed by atoms with Crippen LogP contribution >= 0.6 is 0 Å². The fraction of sp³-hybridized carbons (Fsp3) is 0.286. The number of carbonyl (C=O) groups excluding carboxylic acids is 3. The molecule has 0 radical (unpaired) electrons. The Morgan fingerprint density at radius 2 is 1.57 bits per heavy atom. The van der Waals surface area contributed by atoms with Crippen LogP contribution in [0.1, 0.15) is 48.4 Å². The molecule has 2 rings (SSSR count). The molecule has 0 unspecified atom stereocenters. The maximum Gasteiger partial charge on any atom is 0.326 e. The van der Waals surface area contributed by atoms with Gasteiger partial charge >= 0.3 is 5.97 Å². The van der Waals surface area contributed by atoms with Crippen molar-refractivity contribution in [1.29, 1.82) is 0 Å². The Labute approximate surface area is 161 Å². The summed E-state index contributed by atoms with van der Waals surface area (Å²) in [4.78, 5) is 37.8. The summed E-state index contributed by atoms with van der Waals surface area (Å²) in [6.07, 6.45) is 0. The van der Waals surface area contributed by atoms with Gasteiger partial charge in [-0.05, 0) is 52.0 Å². The van der Waals surface area contributed by atoms with Crippen LogP contribution < -0.4 is 4.90 Å². The van der Waals surface area contributed by atoms with E-state index in [0.717, 1.165) is 23.1 Å². The normalized spacial score (nSPS) is 11.1. The lowest BCUT2D eigenvalue weighted by atomic mass is 10.1. The highest BCUT2D eigenvalue weighted by Crippen LogP contribution is 2.23. The van der Waals surface area contributed by atoms with Crippen molar-refractivity contribution in [2.75, 3.05) is 11.4 Å². The minimum absolute atomic E-state index is 0.145. The topological polar surface area (TPSA) is 63.7 Å². The van der Waals surface area contributed by atoms with Gasteiger partial charge in [-0.1, -0.05) is 18.2 Å². The van der Waals surface area contributed by atoms with Crippen molar-refractivity contribution in [2.24, 2.45) is 0 Å². The third kappa shape index (κ3) is 5.22. The third-order valence-corrected chi connectivity index (χ3v) is 3.69. The lowest BCUT2D eigenvalue weighted by molar-refractivity contribution is -0.152. The van der Waals surface area contributed by atoms with Gasteiger partial charge in [-0.3, -0.25) is 19.3 Å². The van der Waals surface area contributed by atoms with Crippen molar-refractivity contribution in [2.45, 2.75) is 33.3 Å². The van der Waals surface area contributed by atoms with Crippen molar-refractivity contribution in [3.05, 3.63) is 65.2 Å². The van der Waals surface area contributed by atoms with E-state index in [4.69, 9.17) is 4.74 Å². The Morgan fingerprint density at radius 3 is 2.11 bits per heavy atom. The van der Waals surface area contributed by atoms with Crippen molar-refractivity contribution < 1.29 is 27.9 Å². The number of ketones is 1. The fourth-order valence-electron chi connectivity index (χ4n) is 2.51. The molecule has 2 aromatic carbocycles. The summed E-state index contributed by atoms with van der Waals surface area (Å²) in [6.45, 7) is 5.73. The van der Waals surface area contributed by atoms with Crippen LogP contribution in [-0.4, -0.2) is 29.8 Å². The second-order valence-corrected chi connectivity index (χ2v) is 7.18. The molecule has 7 heteroatoms. The molecule has 0 saturated heterocycles. The van der Waals surface area contributed by atoms with E-state index in [1.165, 1.54) is 31.2 Å². The summed E-state index contributed by atoms with van der Waals surface area (Å²) in [7, 11) is 0. The van der Waals surface area contributed by atoms with Gasteiger partial charge in [0, 0.05) is 11.3 Å². The van der Waals surface area contributed by atoms with Crippen LogP contribution in [0.5, 0.6) is 0 Å². The van der Waals surface area contributed by atoms with E-state index in [0.29, 0.717) is 0 Å². The summed E-state index contributed by atoms with van der Waals surface area (Å²) in [5, 5.41) is 0. The van der Waals surface area contributed by atoms with Gasteiger partial charge < -0.3 is 4.74 Å². The molecule has 0 heterocycles. The zero-order valence-electron chi connectivity index (χ0n) is 16.1. The number of benzene rings is 2. The van der Waals surface area contributed by atoms with Gasteiger partial charge in [0.1, 0.15) is 29.3 Å². The number of carbonyl (C=O) groups is 3. The molecule has 0 saturated carbocycles. The molecule has 0 spiro atoms. The van der Waals surface area contributed by atoms with Gasteiger partial charge in [0.2, 0.25) is 0 Å². The predicted octanol–water partition coefficient (Wildman–Crippen LogP) is 4.16. The number of hydrogen-bond donors (Lipinski definition) is 0. The standard InChI is InChI=1S/C21H21F2NO4/c1-13(25)14-7-5-8-15(11-14)24(12-18(26)28-21(2,3)4)20(27)19-16(22)9-6-10-17(19)23/h5-11H,12H2,1-4H3. The van der Waals surface area contributed by atoms with Gasteiger partial charge in [0.15, 0.2) is 5.78 Å². The molecule has 1 amide bonds.